The maximum atomic E-state index is 12.2. The predicted molar refractivity (Wildman–Crippen MR) is 156 cm³/mol. The summed E-state index contributed by atoms with van der Waals surface area (Å²) in [6, 6.07) is 17.9. The average molecular weight is 530 g/mol. The first-order chi connectivity index (χ1) is 18.4. The summed E-state index contributed by atoms with van der Waals surface area (Å²) in [4.78, 5) is 31.8. The van der Waals surface area contributed by atoms with E-state index in [1.807, 2.05) is 57.5 Å². The van der Waals surface area contributed by atoms with Gasteiger partial charge < -0.3 is 25.2 Å². The molecule has 2 aromatic carbocycles. The minimum Gasteiger partial charge on any atom is -0.494 e. The van der Waals surface area contributed by atoms with Crippen LogP contribution in [0, 0.1) is 0 Å². The highest BCUT2D eigenvalue weighted by Crippen LogP contribution is 2.38. The molecule has 0 radical (unpaired) electrons. The highest BCUT2D eigenvalue weighted by Gasteiger charge is 2.17. The van der Waals surface area contributed by atoms with E-state index in [9.17, 15) is 4.79 Å². The normalized spacial score (nSPS) is 10.8. The van der Waals surface area contributed by atoms with Gasteiger partial charge in [-0.25, -0.2) is 9.97 Å². The largest absolute Gasteiger partial charge is 0.494 e. The Hall–Kier alpha value is -4.28. The van der Waals surface area contributed by atoms with E-state index in [4.69, 9.17) is 4.74 Å². The van der Waals surface area contributed by atoms with Crippen LogP contribution in [-0.2, 0) is 4.79 Å². The third-order valence-electron chi connectivity index (χ3n) is 5.76. The Morgan fingerprint density at radius 3 is 2.50 bits per heavy atom. The predicted octanol–water partition coefficient (Wildman–Crippen LogP) is 5.14. The zero-order valence-corrected chi connectivity index (χ0v) is 22.7. The lowest BCUT2D eigenvalue weighted by atomic mass is 10.2. The molecule has 2 N–H and O–H groups in total. The number of benzene rings is 2. The molecule has 0 saturated heterocycles. The molecular weight excluding hydrogens is 498 g/mol. The van der Waals surface area contributed by atoms with Gasteiger partial charge in [0, 0.05) is 31.1 Å². The van der Waals surface area contributed by atoms with Crippen molar-refractivity contribution in [3.63, 3.8) is 0 Å². The summed E-state index contributed by atoms with van der Waals surface area (Å²) < 4.78 is 5.69. The van der Waals surface area contributed by atoms with Crippen LogP contribution in [0.1, 0.15) is 0 Å². The second-order valence-corrected chi connectivity index (χ2v) is 9.86. The molecule has 0 spiro atoms. The molecule has 0 atom stereocenters. The van der Waals surface area contributed by atoms with E-state index in [1.165, 1.54) is 12.4 Å². The second kappa shape index (κ2) is 12.3. The number of rotatable bonds is 11. The number of likely N-dealkylation sites (N-methyl/N-ethyl adjacent to an activating group) is 2. The summed E-state index contributed by atoms with van der Waals surface area (Å²) in [5.41, 5.74) is 3.17. The minimum absolute atomic E-state index is 0.308. The van der Waals surface area contributed by atoms with Gasteiger partial charge >= 0.3 is 0 Å². The molecule has 0 aliphatic carbocycles. The molecular formula is C28H31N7O2S. The summed E-state index contributed by atoms with van der Waals surface area (Å²) in [7, 11) is 7.60. The van der Waals surface area contributed by atoms with Gasteiger partial charge in [-0.2, -0.15) is 4.98 Å². The fourth-order valence-electron chi connectivity index (χ4n) is 3.72. The number of nitrogens with one attached hydrogen (secondary N) is 2. The molecule has 0 saturated carbocycles. The van der Waals surface area contributed by atoms with Crippen molar-refractivity contribution in [1.82, 2.24) is 19.9 Å². The molecule has 0 unspecified atom stereocenters. The lowest BCUT2D eigenvalue weighted by Crippen LogP contribution is -2.29. The van der Waals surface area contributed by atoms with Gasteiger partial charge in [-0.3, -0.25) is 4.79 Å². The highest BCUT2D eigenvalue weighted by atomic mass is 32.1. The summed E-state index contributed by atoms with van der Waals surface area (Å²) in [5.74, 6) is 1.20. The second-order valence-electron chi connectivity index (χ2n) is 8.78. The number of thiophene rings is 1. The van der Waals surface area contributed by atoms with E-state index < -0.39 is 0 Å². The molecule has 10 heteroatoms. The fraction of sp³-hybridized carbons (Fsp3) is 0.214. The van der Waals surface area contributed by atoms with Crippen LogP contribution in [0.2, 0.25) is 0 Å². The smallest absolute Gasteiger partial charge is 0.247 e. The van der Waals surface area contributed by atoms with Crippen LogP contribution in [0.15, 0.2) is 73.6 Å². The number of carbonyl (C=O) groups is 1. The number of nitrogens with zero attached hydrogens (tertiary/aromatic N) is 5. The molecule has 4 rings (SSSR count). The van der Waals surface area contributed by atoms with Crippen molar-refractivity contribution in [2.24, 2.45) is 0 Å². The van der Waals surface area contributed by atoms with Gasteiger partial charge in [-0.1, -0.05) is 36.9 Å². The summed E-state index contributed by atoms with van der Waals surface area (Å²) in [6.07, 6.45) is 2.72. The van der Waals surface area contributed by atoms with E-state index in [-0.39, 0.29) is 5.91 Å². The monoisotopic (exact) mass is 529 g/mol. The number of hydrogen-bond acceptors (Lipinski definition) is 9. The molecule has 0 aliphatic rings. The third kappa shape index (κ3) is 6.53. The maximum Gasteiger partial charge on any atom is 0.247 e. The molecule has 0 aliphatic heterocycles. The summed E-state index contributed by atoms with van der Waals surface area (Å²) in [5, 5.41) is 6.14. The van der Waals surface area contributed by atoms with E-state index in [0.717, 1.165) is 34.1 Å². The number of methoxy groups -OCH3 is 1. The van der Waals surface area contributed by atoms with Crippen LogP contribution in [0.3, 0.4) is 0 Å². The zero-order valence-electron chi connectivity index (χ0n) is 21.9. The first kappa shape index (κ1) is 26.8. The van der Waals surface area contributed by atoms with E-state index in [1.54, 1.807) is 18.4 Å². The van der Waals surface area contributed by atoms with Crippen LogP contribution < -0.4 is 20.3 Å². The average Bonchev–Trinajstić information content (AvgIpc) is 3.43. The molecule has 4 aromatic rings. The summed E-state index contributed by atoms with van der Waals surface area (Å²) >= 11 is 1.61. The Kier molecular flexibility index (Phi) is 8.67. The van der Waals surface area contributed by atoms with Crippen LogP contribution in [0.25, 0.3) is 21.1 Å². The SMILES string of the molecule is C=CC(=O)Nc1cc(Nc2ncnc(-c3ccc(-c4ccccc4)s3)n2)c(OC)cc1N(C)CCN(C)C. The van der Waals surface area contributed by atoms with Gasteiger partial charge in [-0.05, 0) is 43.9 Å². The Balaban J connectivity index is 1.64. The van der Waals surface area contributed by atoms with Crippen molar-refractivity contribution < 1.29 is 9.53 Å². The molecule has 2 heterocycles. The zero-order chi connectivity index (χ0) is 27.1. The highest BCUT2D eigenvalue weighted by molar-refractivity contribution is 7.18. The van der Waals surface area contributed by atoms with Gasteiger partial charge in [0.15, 0.2) is 5.82 Å². The van der Waals surface area contributed by atoms with Crippen molar-refractivity contribution >= 4 is 40.3 Å². The van der Waals surface area contributed by atoms with Gasteiger partial charge in [0.2, 0.25) is 11.9 Å². The topological polar surface area (TPSA) is 95.5 Å². The van der Waals surface area contributed by atoms with Crippen molar-refractivity contribution in [2.75, 3.05) is 56.9 Å². The van der Waals surface area contributed by atoms with E-state index in [2.05, 4.69) is 60.2 Å². The number of aromatic nitrogens is 3. The Morgan fingerprint density at radius 2 is 1.79 bits per heavy atom. The quantitative estimate of drug-likeness (QED) is 0.258. The van der Waals surface area contributed by atoms with Gasteiger partial charge in [-0.15, -0.1) is 11.3 Å². The summed E-state index contributed by atoms with van der Waals surface area (Å²) in [6.45, 7) is 5.17. The van der Waals surface area contributed by atoms with Crippen molar-refractivity contribution in [3.8, 4) is 26.9 Å². The third-order valence-corrected chi connectivity index (χ3v) is 6.89. The van der Waals surface area contributed by atoms with Crippen LogP contribution in [-0.4, -0.2) is 67.1 Å². The number of carbonyl (C=O) groups excluding carboxylic acids is 1. The number of amides is 1. The molecule has 0 bridgehead atoms. The Morgan fingerprint density at radius 1 is 1.03 bits per heavy atom. The van der Waals surface area contributed by atoms with Crippen molar-refractivity contribution in [2.45, 2.75) is 0 Å². The number of hydrogen-bond donors (Lipinski definition) is 2. The number of ether oxygens (including phenoxy) is 1. The van der Waals surface area contributed by atoms with E-state index in [0.29, 0.717) is 28.9 Å². The number of anilines is 4. The van der Waals surface area contributed by atoms with Gasteiger partial charge in [0.25, 0.3) is 0 Å². The van der Waals surface area contributed by atoms with Crippen LogP contribution in [0.5, 0.6) is 5.75 Å². The lowest BCUT2D eigenvalue weighted by molar-refractivity contribution is -0.111. The van der Waals surface area contributed by atoms with Crippen molar-refractivity contribution in [3.05, 3.63) is 73.6 Å². The first-order valence-corrected chi connectivity index (χ1v) is 12.8. The maximum absolute atomic E-state index is 12.2. The first-order valence-electron chi connectivity index (χ1n) is 12.0. The Labute approximate surface area is 226 Å². The lowest BCUT2D eigenvalue weighted by Gasteiger charge is -2.25. The minimum atomic E-state index is -0.308. The molecule has 9 nitrogen and oxygen atoms in total. The molecule has 38 heavy (non-hydrogen) atoms. The Bertz CT molecular complexity index is 1410. The molecule has 2 aromatic heterocycles. The standard InChI is InChI=1S/C28H31N7O2S/c1-6-26(36)31-20-16-21(23(37-5)17-22(20)35(4)15-14-34(2)3)32-28-30-18-29-27(33-28)25-13-12-24(38-25)19-10-8-7-9-11-19/h6-13,16-18H,1,14-15H2,2-5H3,(H,31,36)(H,29,30,32,33). The van der Waals surface area contributed by atoms with Crippen LogP contribution >= 0.6 is 11.3 Å². The van der Waals surface area contributed by atoms with E-state index >= 15 is 0 Å². The fourth-order valence-corrected chi connectivity index (χ4v) is 4.67. The molecule has 196 valence electrons. The molecule has 1 amide bonds. The van der Waals surface area contributed by atoms with Gasteiger partial charge in [0.1, 0.15) is 12.1 Å². The molecule has 0 fully saturated rings. The van der Waals surface area contributed by atoms with Gasteiger partial charge in [0.05, 0.1) is 29.0 Å². The van der Waals surface area contributed by atoms with Crippen LogP contribution in [0.4, 0.5) is 23.0 Å². The van der Waals surface area contributed by atoms with Crippen molar-refractivity contribution in [1.29, 1.82) is 0 Å².